The Morgan fingerprint density at radius 3 is 2.00 bits per heavy atom. The summed E-state index contributed by atoms with van der Waals surface area (Å²) in [5.74, 6) is -0.310. The summed E-state index contributed by atoms with van der Waals surface area (Å²) in [6.45, 7) is 3.74. The van der Waals surface area contributed by atoms with Gasteiger partial charge in [0, 0.05) is 63.6 Å². The predicted octanol–water partition coefficient (Wildman–Crippen LogP) is 6.02. The van der Waals surface area contributed by atoms with Gasteiger partial charge < -0.3 is 14.7 Å². The molecule has 37 heavy (non-hydrogen) atoms. The van der Waals surface area contributed by atoms with Crippen molar-refractivity contribution in [3.8, 4) is 0 Å². The third-order valence-corrected chi connectivity index (χ3v) is 9.01. The molecule has 4 rings (SSSR count). The third-order valence-electron chi connectivity index (χ3n) is 7.53. The zero-order chi connectivity index (χ0) is 26.9. The first kappa shape index (κ1) is 28.0. The summed E-state index contributed by atoms with van der Waals surface area (Å²) in [4.78, 5) is 44.0. The first-order valence-electron chi connectivity index (χ1n) is 12.3. The van der Waals surface area contributed by atoms with Crippen LogP contribution in [0.4, 0.5) is 0 Å². The highest BCUT2D eigenvalue weighted by Crippen LogP contribution is 2.36. The van der Waals surface area contributed by atoms with E-state index in [2.05, 4.69) is 0 Å². The Bertz CT molecular complexity index is 1200. The van der Waals surface area contributed by atoms with Crippen LogP contribution in [0.25, 0.3) is 0 Å². The molecular weight excluding hydrogens is 556 g/mol. The minimum absolute atomic E-state index is 0.0427. The minimum atomic E-state index is -0.178. The molecular formula is C27H29Cl4N3O3. The van der Waals surface area contributed by atoms with Gasteiger partial charge in [-0.2, -0.15) is 0 Å². The maximum atomic E-state index is 13.5. The fraction of sp³-hybridized carbons (Fsp3) is 0.444. The van der Waals surface area contributed by atoms with Crippen molar-refractivity contribution in [1.82, 2.24) is 14.7 Å². The van der Waals surface area contributed by atoms with Gasteiger partial charge in [0.25, 0.3) is 5.91 Å². The number of likely N-dealkylation sites (tertiary alicyclic amines) is 2. The normalized spacial score (nSPS) is 20.6. The van der Waals surface area contributed by atoms with E-state index >= 15 is 0 Å². The van der Waals surface area contributed by atoms with Gasteiger partial charge in [0.1, 0.15) is 0 Å². The summed E-state index contributed by atoms with van der Waals surface area (Å²) in [6.07, 6.45) is 1.92. The maximum absolute atomic E-state index is 13.5. The standard InChI is InChI=1S/C27H29Cl4N3O3/c1-16(35)33-10-7-17(8-11-33)27(37)34-12-9-25(20(15-34)18-3-5-21(28)23(30)13-18)32(2)26(36)19-4-6-22(29)24(31)14-19/h3-6,13-14,17,20,25H,7-12,15H2,1-2H3/t20-,25+/m0/s1. The number of nitrogens with zero attached hydrogens (tertiary/aromatic N) is 3. The molecule has 0 radical (unpaired) electrons. The number of carbonyl (C=O) groups is 3. The molecule has 6 nitrogen and oxygen atoms in total. The Labute approximate surface area is 237 Å². The Balaban J connectivity index is 1.56. The fourth-order valence-electron chi connectivity index (χ4n) is 5.36. The monoisotopic (exact) mass is 583 g/mol. The van der Waals surface area contributed by atoms with E-state index in [0.29, 0.717) is 71.1 Å². The van der Waals surface area contributed by atoms with E-state index in [1.807, 2.05) is 17.0 Å². The van der Waals surface area contributed by atoms with Crippen molar-refractivity contribution < 1.29 is 14.4 Å². The number of hydrogen-bond acceptors (Lipinski definition) is 3. The van der Waals surface area contributed by atoms with Crippen molar-refractivity contribution in [3.05, 3.63) is 67.6 Å². The van der Waals surface area contributed by atoms with Crippen molar-refractivity contribution in [2.24, 2.45) is 5.92 Å². The van der Waals surface area contributed by atoms with Gasteiger partial charge in [-0.25, -0.2) is 0 Å². The zero-order valence-corrected chi connectivity index (χ0v) is 23.7. The average Bonchev–Trinajstić information content (AvgIpc) is 2.90. The molecule has 3 amide bonds. The lowest BCUT2D eigenvalue weighted by Crippen LogP contribution is -2.53. The number of halogens is 4. The highest BCUT2D eigenvalue weighted by molar-refractivity contribution is 6.42. The quantitative estimate of drug-likeness (QED) is 0.442. The molecule has 0 spiro atoms. The molecule has 0 aromatic heterocycles. The molecule has 2 atom stereocenters. The van der Waals surface area contributed by atoms with Gasteiger partial charge >= 0.3 is 0 Å². The van der Waals surface area contributed by atoms with Crippen LogP contribution in [0.2, 0.25) is 20.1 Å². The number of benzene rings is 2. The van der Waals surface area contributed by atoms with Crippen molar-refractivity contribution >= 4 is 64.1 Å². The molecule has 2 aromatic rings. The van der Waals surface area contributed by atoms with Gasteiger partial charge in [-0.3, -0.25) is 14.4 Å². The summed E-state index contributed by atoms with van der Waals surface area (Å²) in [6, 6.07) is 10.1. The second kappa shape index (κ2) is 11.8. The van der Waals surface area contributed by atoms with E-state index in [0.717, 1.165) is 5.56 Å². The molecule has 0 aliphatic carbocycles. The first-order chi connectivity index (χ1) is 17.6. The molecule has 0 bridgehead atoms. The van der Waals surface area contributed by atoms with E-state index in [1.54, 1.807) is 48.0 Å². The molecule has 2 aliphatic rings. The molecule has 10 heteroatoms. The molecule has 2 aromatic carbocycles. The van der Waals surface area contributed by atoms with Crippen LogP contribution in [0.15, 0.2) is 36.4 Å². The van der Waals surface area contributed by atoms with Crippen molar-refractivity contribution in [2.45, 2.75) is 38.1 Å². The fourth-order valence-corrected chi connectivity index (χ4v) is 5.96. The Morgan fingerprint density at radius 1 is 0.811 bits per heavy atom. The lowest BCUT2D eigenvalue weighted by Gasteiger charge is -2.44. The van der Waals surface area contributed by atoms with Gasteiger partial charge in [0.15, 0.2) is 0 Å². The van der Waals surface area contributed by atoms with E-state index in [1.165, 1.54) is 0 Å². The highest BCUT2D eigenvalue weighted by Gasteiger charge is 2.39. The van der Waals surface area contributed by atoms with E-state index < -0.39 is 0 Å². The summed E-state index contributed by atoms with van der Waals surface area (Å²) in [5, 5.41) is 1.58. The number of hydrogen-bond donors (Lipinski definition) is 0. The summed E-state index contributed by atoms with van der Waals surface area (Å²) in [5.41, 5.74) is 1.36. The summed E-state index contributed by atoms with van der Waals surface area (Å²) >= 11 is 24.7. The van der Waals surface area contributed by atoms with Crippen molar-refractivity contribution in [2.75, 3.05) is 33.2 Å². The average molecular weight is 585 g/mol. The van der Waals surface area contributed by atoms with Gasteiger partial charge in [-0.1, -0.05) is 52.5 Å². The molecule has 2 saturated heterocycles. The van der Waals surface area contributed by atoms with Gasteiger partial charge in [0.05, 0.1) is 20.1 Å². The molecule has 2 fully saturated rings. The van der Waals surface area contributed by atoms with Gasteiger partial charge in [-0.05, 0) is 55.2 Å². The number of likely N-dealkylation sites (N-methyl/N-ethyl adjacent to an activating group) is 1. The van der Waals surface area contributed by atoms with E-state index in [4.69, 9.17) is 46.4 Å². The Hall–Kier alpha value is -1.99. The Morgan fingerprint density at radius 2 is 1.41 bits per heavy atom. The van der Waals surface area contributed by atoms with Crippen molar-refractivity contribution in [3.63, 3.8) is 0 Å². The maximum Gasteiger partial charge on any atom is 0.253 e. The molecule has 0 saturated carbocycles. The lowest BCUT2D eigenvalue weighted by atomic mass is 9.83. The van der Waals surface area contributed by atoms with Crippen LogP contribution in [-0.4, -0.2) is 71.7 Å². The van der Waals surface area contributed by atoms with Crippen LogP contribution in [0.1, 0.15) is 48.0 Å². The van der Waals surface area contributed by atoms with Crippen LogP contribution in [-0.2, 0) is 9.59 Å². The smallest absolute Gasteiger partial charge is 0.253 e. The second-order valence-corrected chi connectivity index (χ2v) is 11.4. The second-order valence-electron chi connectivity index (χ2n) is 9.75. The van der Waals surface area contributed by atoms with Crippen LogP contribution < -0.4 is 0 Å². The molecule has 198 valence electrons. The lowest BCUT2D eigenvalue weighted by molar-refractivity contribution is -0.141. The van der Waals surface area contributed by atoms with Gasteiger partial charge in [-0.15, -0.1) is 0 Å². The third kappa shape index (κ3) is 6.19. The SMILES string of the molecule is CC(=O)N1CCC(C(=O)N2CC[C@@H](N(C)C(=O)c3ccc(Cl)c(Cl)c3)[C@H](c3ccc(Cl)c(Cl)c3)C2)CC1. The largest absolute Gasteiger partial charge is 0.343 e. The highest BCUT2D eigenvalue weighted by atomic mass is 35.5. The van der Waals surface area contributed by atoms with Crippen molar-refractivity contribution in [1.29, 1.82) is 0 Å². The summed E-state index contributed by atoms with van der Waals surface area (Å²) in [7, 11) is 1.77. The number of rotatable bonds is 4. The molecule has 0 N–H and O–H groups in total. The van der Waals surface area contributed by atoms with Gasteiger partial charge in [0.2, 0.25) is 11.8 Å². The molecule has 2 heterocycles. The number of piperidine rings is 2. The number of amides is 3. The molecule has 0 unspecified atom stereocenters. The summed E-state index contributed by atoms with van der Waals surface area (Å²) < 4.78 is 0. The predicted molar refractivity (Wildman–Crippen MR) is 148 cm³/mol. The Kier molecular flexibility index (Phi) is 8.95. The van der Waals surface area contributed by atoms with Crippen LogP contribution in [0.3, 0.4) is 0 Å². The number of carbonyl (C=O) groups excluding carboxylic acids is 3. The van der Waals surface area contributed by atoms with Crippen LogP contribution in [0, 0.1) is 5.92 Å². The van der Waals surface area contributed by atoms with E-state index in [9.17, 15) is 14.4 Å². The molecule has 2 aliphatic heterocycles. The first-order valence-corrected chi connectivity index (χ1v) is 13.8. The van der Waals surface area contributed by atoms with Crippen LogP contribution >= 0.6 is 46.4 Å². The topological polar surface area (TPSA) is 60.9 Å². The van der Waals surface area contributed by atoms with Crippen LogP contribution in [0.5, 0.6) is 0 Å². The van der Waals surface area contributed by atoms with E-state index in [-0.39, 0.29) is 35.6 Å². The zero-order valence-electron chi connectivity index (χ0n) is 20.7. The minimum Gasteiger partial charge on any atom is -0.343 e.